The van der Waals surface area contributed by atoms with Gasteiger partial charge in [0.2, 0.25) is 5.91 Å². The fraction of sp³-hybridized carbons (Fsp3) is 0.462. The molecule has 0 aromatic heterocycles. The maximum atomic E-state index is 13.2. The minimum Gasteiger partial charge on any atom is -0.349 e. The number of amides is 1. The van der Waals surface area contributed by atoms with Gasteiger partial charge in [-0.15, -0.1) is 0 Å². The zero-order valence-electron chi connectivity index (χ0n) is 10.7. The summed E-state index contributed by atoms with van der Waals surface area (Å²) in [5, 5.41) is 2.99. The van der Waals surface area contributed by atoms with E-state index in [0.29, 0.717) is 24.9 Å². The van der Waals surface area contributed by atoms with Gasteiger partial charge in [-0.3, -0.25) is 4.79 Å². The van der Waals surface area contributed by atoms with Crippen LogP contribution in [0.4, 0.5) is 8.78 Å². The first-order valence-corrected chi connectivity index (χ1v) is 5.85. The lowest BCUT2D eigenvalue weighted by molar-refractivity contribution is -0.128. The summed E-state index contributed by atoms with van der Waals surface area (Å²) in [5.41, 5.74) is 0.300. The molecule has 0 spiro atoms. The summed E-state index contributed by atoms with van der Waals surface area (Å²) in [6.45, 7) is 0.856. The van der Waals surface area contributed by atoms with Crippen LogP contribution in [-0.2, 0) is 11.3 Å². The molecule has 0 fully saturated rings. The highest BCUT2D eigenvalue weighted by atomic mass is 19.1. The summed E-state index contributed by atoms with van der Waals surface area (Å²) in [4.78, 5) is 12.8. The molecule has 0 atom stereocenters. The van der Waals surface area contributed by atoms with Gasteiger partial charge in [0.1, 0.15) is 11.6 Å². The largest absolute Gasteiger partial charge is 0.349 e. The monoisotopic (exact) mass is 256 g/mol. The van der Waals surface area contributed by atoms with Gasteiger partial charge in [0, 0.05) is 32.6 Å². The molecule has 1 aromatic rings. The van der Waals surface area contributed by atoms with Gasteiger partial charge in [0.25, 0.3) is 0 Å². The van der Waals surface area contributed by atoms with E-state index >= 15 is 0 Å². The van der Waals surface area contributed by atoms with Crippen molar-refractivity contribution in [3.63, 3.8) is 0 Å². The number of halogens is 2. The number of hydrogen-bond donors (Lipinski definition) is 1. The van der Waals surface area contributed by atoms with E-state index in [1.165, 1.54) is 11.0 Å². The zero-order valence-corrected chi connectivity index (χ0v) is 10.7. The van der Waals surface area contributed by atoms with Gasteiger partial charge >= 0.3 is 0 Å². The Labute approximate surface area is 106 Å². The molecular formula is C13H18F2N2O. The Morgan fingerprint density at radius 3 is 2.72 bits per heavy atom. The van der Waals surface area contributed by atoms with E-state index in [1.54, 1.807) is 14.1 Å². The molecule has 3 nitrogen and oxygen atoms in total. The molecule has 1 N–H and O–H groups in total. The fourth-order valence-electron chi connectivity index (χ4n) is 1.49. The first-order valence-electron chi connectivity index (χ1n) is 5.85. The van der Waals surface area contributed by atoms with Gasteiger partial charge in [-0.25, -0.2) is 8.78 Å². The fourth-order valence-corrected chi connectivity index (χ4v) is 1.49. The van der Waals surface area contributed by atoms with E-state index < -0.39 is 11.6 Å². The van der Waals surface area contributed by atoms with Crippen molar-refractivity contribution < 1.29 is 13.6 Å². The van der Waals surface area contributed by atoms with E-state index in [-0.39, 0.29) is 12.5 Å². The molecule has 5 heteroatoms. The highest BCUT2D eigenvalue weighted by Gasteiger charge is 2.05. The molecule has 1 amide bonds. The lowest BCUT2D eigenvalue weighted by Crippen LogP contribution is -2.23. The van der Waals surface area contributed by atoms with Crippen LogP contribution in [0, 0.1) is 11.6 Å². The third kappa shape index (κ3) is 4.79. The Morgan fingerprint density at radius 1 is 1.33 bits per heavy atom. The quantitative estimate of drug-likeness (QED) is 0.789. The predicted molar refractivity (Wildman–Crippen MR) is 66.0 cm³/mol. The molecule has 0 saturated heterocycles. The van der Waals surface area contributed by atoms with Gasteiger partial charge < -0.3 is 10.2 Å². The molecule has 0 bridgehead atoms. The molecule has 0 aliphatic heterocycles. The van der Waals surface area contributed by atoms with Gasteiger partial charge in [-0.1, -0.05) is 0 Å². The lowest BCUT2D eigenvalue weighted by Gasteiger charge is -2.10. The van der Waals surface area contributed by atoms with Crippen LogP contribution in [0.25, 0.3) is 0 Å². The molecule has 18 heavy (non-hydrogen) atoms. The van der Waals surface area contributed by atoms with Crippen LogP contribution in [0.5, 0.6) is 0 Å². The molecule has 100 valence electrons. The van der Waals surface area contributed by atoms with Crippen LogP contribution in [0.15, 0.2) is 18.2 Å². The van der Waals surface area contributed by atoms with Crippen LogP contribution in [0.1, 0.15) is 18.4 Å². The lowest BCUT2D eigenvalue weighted by atomic mass is 10.2. The maximum absolute atomic E-state index is 13.2. The van der Waals surface area contributed by atoms with E-state index in [2.05, 4.69) is 5.32 Å². The average Bonchev–Trinajstić information content (AvgIpc) is 2.32. The number of nitrogens with zero attached hydrogens (tertiary/aromatic N) is 1. The van der Waals surface area contributed by atoms with Crippen molar-refractivity contribution in [2.24, 2.45) is 0 Å². The smallest absolute Gasteiger partial charge is 0.222 e. The minimum atomic E-state index is -0.448. The third-order valence-corrected chi connectivity index (χ3v) is 2.57. The summed E-state index contributed by atoms with van der Waals surface area (Å²) < 4.78 is 26.1. The molecule has 1 rings (SSSR count). The zero-order chi connectivity index (χ0) is 13.5. The first kappa shape index (κ1) is 14.6. The van der Waals surface area contributed by atoms with Gasteiger partial charge in [0.15, 0.2) is 0 Å². The van der Waals surface area contributed by atoms with Gasteiger partial charge in [-0.05, 0) is 31.2 Å². The second-order valence-electron chi connectivity index (χ2n) is 4.30. The van der Waals surface area contributed by atoms with Crippen molar-refractivity contribution in [1.82, 2.24) is 10.2 Å². The number of carbonyl (C=O) groups is 1. The average molecular weight is 256 g/mol. The second-order valence-corrected chi connectivity index (χ2v) is 4.30. The first-order chi connectivity index (χ1) is 8.50. The molecule has 0 saturated carbocycles. The molecule has 0 heterocycles. The van der Waals surface area contributed by atoms with Crippen LogP contribution in [-0.4, -0.2) is 31.4 Å². The van der Waals surface area contributed by atoms with Crippen LogP contribution in [0.2, 0.25) is 0 Å². The number of benzene rings is 1. The van der Waals surface area contributed by atoms with Crippen molar-refractivity contribution in [3.05, 3.63) is 35.4 Å². The van der Waals surface area contributed by atoms with E-state index in [0.717, 1.165) is 12.1 Å². The highest BCUT2D eigenvalue weighted by Crippen LogP contribution is 2.09. The van der Waals surface area contributed by atoms with Gasteiger partial charge in [0.05, 0.1) is 0 Å². The van der Waals surface area contributed by atoms with Crippen LogP contribution in [0.3, 0.4) is 0 Å². The molecule has 0 aliphatic carbocycles. The van der Waals surface area contributed by atoms with E-state index in [9.17, 15) is 13.6 Å². The van der Waals surface area contributed by atoms with Gasteiger partial charge in [-0.2, -0.15) is 0 Å². The number of hydrogen-bond acceptors (Lipinski definition) is 2. The second kappa shape index (κ2) is 7.06. The Morgan fingerprint density at radius 2 is 2.06 bits per heavy atom. The topological polar surface area (TPSA) is 32.3 Å². The maximum Gasteiger partial charge on any atom is 0.222 e. The number of nitrogens with one attached hydrogen (secondary N) is 1. The normalized spacial score (nSPS) is 10.4. The molecular weight excluding hydrogens is 238 g/mol. The summed E-state index contributed by atoms with van der Waals surface area (Å²) >= 11 is 0. The molecule has 0 unspecified atom stereocenters. The van der Waals surface area contributed by atoms with Crippen molar-refractivity contribution in [2.75, 3.05) is 20.6 Å². The minimum absolute atomic E-state index is 0.0636. The van der Waals surface area contributed by atoms with E-state index in [1.807, 2.05) is 0 Å². The Bertz CT molecular complexity index is 408. The third-order valence-electron chi connectivity index (χ3n) is 2.57. The molecule has 1 aromatic carbocycles. The standard InChI is InChI=1S/C13H18F2N2O/c1-17(2)13(18)4-3-7-16-9-10-8-11(14)5-6-12(10)15/h5-6,8,16H,3-4,7,9H2,1-2H3. The Hall–Kier alpha value is -1.49. The summed E-state index contributed by atoms with van der Waals surface area (Å²) in [6, 6.07) is 3.38. The predicted octanol–water partition coefficient (Wildman–Crippen LogP) is 1.92. The highest BCUT2D eigenvalue weighted by molar-refractivity contribution is 5.75. The number of carbonyl (C=O) groups excluding carboxylic acids is 1. The van der Waals surface area contributed by atoms with Crippen molar-refractivity contribution in [3.8, 4) is 0 Å². The summed E-state index contributed by atoms with van der Waals surface area (Å²) in [5.74, 6) is -0.807. The SMILES string of the molecule is CN(C)C(=O)CCCNCc1cc(F)ccc1F. The van der Waals surface area contributed by atoms with Crippen LogP contribution < -0.4 is 5.32 Å². The van der Waals surface area contributed by atoms with E-state index in [4.69, 9.17) is 0 Å². The molecule has 0 radical (unpaired) electrons. The Balaban J connectivity index is 2.26. The van der Waals surface area contributed by atoms with Crippen molar-refractivity contribution >= 4 is 5.91 Å². The number of rotatable bonds is 6. The molecule has 0 aliphatic rings. The summed E-state index contributed by atoms with van der Waals surface area (Å²) in [7, 11) is 3.41. The van der Waals surface area contributed by atoms with Crippen molar-refractivity contribution in [1.29, 1.82) is 0 Å². The Kier molecular flexibility index (Phi) is 5.71. The van der Waals surface area contributed by atoms with Crippen molar-refractivity contribution in [2.45, 2.75) is 19.4 Å². The summed E-state index contributed by atoms with van der Waals surface area (Å²) in [6.07, 6.45) is 1.12. The van der Waals surface area contributed by atoms with Crippen LogP contribution >= 0.6 is 0 Å².